The van der Waals surface area contributed by atoms with E-state index in [-0.39, 0.29) is 12.5 Å². The van der Waals surface area contributed by atoms with Crippen LogP contribution in [0.25, 0.3) is 0 Å². The van der Waals surface area contributed by atoms with Gasteiger partial charge in [0.05, 0.1) is 12.6 Å². The Hall–Kier alpha value is -2.16. The lowest BCUT2D eigenvalue weighted by Gasteiger charge is -2.18. The highest BCUT2D eigenvalue weighted by Gasteiger charge is 2.21. The number of carboxylic acids is 1. The summed E-state index contributed by atoms with van der Waals surface area (Å²) in [5.41, 5.74) is 5.71. The molecule has 0 aromatic heterocycles. The molecule has 0 fully saturated rings. The molecule has 9 heteroatoms. The van der Waals surface area contributed by atoms with E-state index < -0.39 is 41.8 Å². The fraction of sp³-hybridized carbons (Fsp3) is 0.714. The molecule has 132 valence electrons. The van der Waals surface area contributed by atoms with Crippen LogP contribution in [0.4, 0.5) is 0 Å². The number of nitrogens with one attached hydrogen (secondary N) is 3. The van der Waals surface area contributed by atoms with E-state index in [9.17, 15) is 19.2 Å². The van der Waals surface area contributed by atoms with Gasteiger partial charge in [0.2, 0.25) is 17.7 Å². The first kappa shape index (κ1) is 20.8. The lowest BCUT2D eigenvalue weighted by Crippen LogP contribution is -2.52. The van der Waals surface area contributed by atoms with Gasteiger partial charge in [-0.25, -0.2) is 0 Å². The lowest BCUT2D eigenvalue weighted by molar-refractivity contribution is -0.141. The Morgan fingerprint density at radius 1 is 0.957 bits per heavy atom. The molecule has 0 spiro atoms. The quantitative estimate of drug-likeness (QED) is 0.350. The zero-order valence-electron chi connectivity index (χ0n) is 13.9. The molecule has 3 atom stereocenters. The second-order valence-corrected chi connectivity index (χ2v) is 5.81. The minimum absolute atomic E-state index is 0.250. The normalized spacial score (nSPS) is 14.5. The number of carbonyl (C=O) groups is 4. The van der Waals surface area contributed by atoms with E-state index in [4.69, 9.17) is 10.8 Å². The van der Waals surface area contributed by atoms with Crippen molar-refractivity contribution in [3.05, 3.63) is 0 Å². The second-order valence-electron chi connectivity index (χ2n) is 5.81. The van der Waals surface area contributed by atoms with Crippen molar-refractivity contribution in [2.24, 2.45) is 11.7 Å². The molecule has 0 bridgehead atoms. The zero-order chi connectivity index (χ0) is 18.2. The predicted molar refractivity (Wildman–Crippen MR) is 83.3 cm³/mol. The fourth-order valence-corrected chi connectivity index (χ4v) is 1.68. The minimum atomic E-state index is -1.18. The van der Waals surface area contributed by atoms with Crippen molar-refractivity contribution in [3.8, 4) is 0 Å². The molecule has 0 aliphatic rings. The maximum Gasteiger partial charge on any atom is 0.325 e. The highest BCUT2D eigenvalue weighted by Crippen LogP contribution is 2.02. The van der Waals surface area contributed by atoms with Crippen molar-refractivity contribution in [1.82, 2.24) is 16.0 Å². The van der Waals surface area contributed by atoms with Gasteiger partial charge in [-0.05, 0) is 26.2 Å². The minimum Gasteiger partial charge on any atom is -0.480 e. The lowest BCUT2D eigenvalue weighted by atomic mass is 10.0. The van der Waals surface area contributed by atoms with Gasteiger partial charge < -0.3 is 26.8 Å². The molecule has 3 amide bonds. The van der Waals surface area contributed by atoms with Crippen molar-refractivity contribution in [2.75, 3.05) is 6.54 Å². The Bertz CT molecular complexity index is 452. The topological polar surface area (TPSA) is 151 Å². The maximum atomic E-state index is 11.8. The van der Waals surface area contributed by atoms with Crippen LogP contribution in [0.15, 0.2) is 0 Å². The molecule has 0 aromatic rings. The van der Waals surface area contributed by atoms with E-state index in [0.717, 1.165) is 0 Å². The van der Waals surface area contributed by atoms with Crippen LogP contribution in [-0.4, -0.2) is 53.5 Å². The van der Waals surface area contributed by atoms with Gasteiger partial charge in [-0.1, -0.05) is 13.8 Å². The molecule has 0 saturated carbocycles. The largest absolute Gasteiger partial charge is 0.480 e. The van der Waals surface area contributed by atoms with Gasteiger partial charge in [0, 0.05) is 0 Å². The maximum absolute atomic E-state index is 11.8. The molecule has 6 N–H and O–H groups in total. The molecule has 9 nitrogen and oxygen atoms in total. The number of hydrogen-bond donors (Lipinski definition) is 5. The van der Waals surface area contributed by atoms with E-state index >= 15 is 0 Å². The van der Waals surface area contributed by atoms with Gasteiger partial charge in [0.1, 0.15) is 12.1 Å². The van der Waals surface area contributed by atoms with Gasteiger partial charge in [-0.3, -0.25) is 19.2 Å². The molecule has 0 rings (SSSR count). The van der Waals surface area contributed by atoms with Crippen LogP contribution in [0.5, 0.6) is 0 Å². The summed E-state index contributed by atoms with van der Waals surface area (Å²) in [5, 5.41) is 15.6. The average molecular weight is 330 g/mol. The number of rotatable bonds is 9. The van der Waals surface area contributed by atoms with Gasteiger partial charge >= 0.3 is 5.97 Å². The Labute approximate surface area is 135 Å². The molecule has 23 heavy (non-hydrogen) atoms. The second kappa shape index (κ2) is 9.78. The van der Waals surface area contributed by atoms with Gasteiger partial charge in [0.25, 0.3) is 0 Å². The number of aliphatic carboxylic acids is 1. The highest BCUT2D eigenvalue weighted by molar-refractivity contribution is 5.92. The molecular weight excluding hydrogens is 304 g/mol. The Balaban J connectivity index is 4.23. The number of carboxylic acid groups (broad SMARTS) is 1. The standard InChI is InChI=1S/C14H26N4O5/c1-7(2)5-10(15)13(21)18-8(3)12(20)16-6-11(19)17-9(4)14(22)23/h7-10H,5-6,15H2,1-4H3,(H,16,20)(H,17,19)(H,18,21)(H,22,23). The Morgan fingerprint density at radius 2 is 1.52 bits per heavy atom. The van der Waals surface area contributed by atoms with Crippen LogP contribution < -0.4 is 21.7 Å². The number of hydrogen-bond acceptors (Lipinski definition) is 5. The highest BCUT2D eigenvalue weighted by atomic mass is 16.4. The summed E-state index contributed by atoms with van der Waals surface area (Å²) in [7, 11) is 0. The van der Waals surface area contributed by atoms with Gasteiger partial charge in [-0.2, -0.15) is 0 Å². The molecule has 0 aromatic carbocycles. The molecular formula is C14H26N4O5. The third-order valence-corrected chi connectivity index (χ3v) is 2.99. The average Bonchev–Trinajstić information content (AvgIpc) is 2.43. The van der Waals surface area contributed by atoms with Crippen LogP contribution in [0.1, 0.15) is 34.1 Å². The summed E-state index contributed by atoms with van der Waals surface area (Å²) in [6, 6.07) is -2.61. The van der Waals surface area contributed by atoms with Crippen molar-refractivity contribution in [3.63, 3.8) is 0 Å². The molecule has 0 aliphatic heterocycles. The summed E-state index contributed by atoms with van der Waals surface area (Å²) in [6.45, 7) is 6.25. The SMILES string of the molecule is CC(C)CC(N)C(=O)NC(C)C(=O)NCC(=O)NC(C)C(=O)O. The van der Waals surface area contributed by atoms with Crippen molar-refractivity contribution in [2.45, 2.75) is 52.2 Å². The summed E-state index contributed by atoms with van der Waals surface area (Å²) >= 11 is 0. The van der Waals surface area contributed by atoms with Crippen molar-refractivity contribution < 1.29 is 24.3 Å². The van der Waals surface area contributed by atoms with Crippen LogP contribution in [0, 0.1) is 5.92 Å². The van der Waals surface area contributed by atoms with E-state index in [1.54, 1.807) is 0 Å². The van der Waals surface area contributed by atoms with Crippen molar-refractivity contribution in [1.29, 1.82) is 0 Å². The van der Waals surface area contributed by atoms with Crippen LogP contribution in [-0.2, 0) is 19.2 Å². The Morgan fingerprint density at radius 3 is 2.00 bits per heavy atom. The summed E-state index contributed by atoms with van der Waals surface area (Å²) in [5.74, 6) is -2.56. The van der Waals surface area contributed by atoms with Gasteiger partial charge in [0.15, 0.2) is 0 Å². The summed E-state index contributed by atoms with van der Waals surface area (Å²) in [6.07, 6.45) is 0.496. The molecule has 0 aliphatic carbocycles. The van der Waals surface area contributed by atoms with E-state index in [0.29, 0.717) is 6.42 Å². The first-order valence-corrected chi connectivity index (χ1v) is 7.40. The van der Waals surface area contributed by atoms with Gasteiger partial charge in [-0.15, -0.1) is 0 Å². The van der Waals surface area contributed by atoms with E-state index in [1.165, 1.54) is 13.8 Å². The van der Waals surface area contributed by atoms with E-state index in [2.05, 4.69) is 16.0 Å². The first-order valence-electron chi connectivity index (χ1n) is 7.40. The molecule has 0 radical (unpaired) electrons. The van der Waals surface area contributed by atoms with Crippen LogP contribution in [0.2, 0.25) is 0 Å². The summed E-state index contributed by atoms with van der Waals surface area (Å²) in [4.78, 5) is 45.6. The zero-order valence-corrected chi connectivity index (χ0v) is 13.9. The third kappa shape index (κ3) is 8.77. The Kier molecular flexibility index (Phi) is 8.86. The molecule has 0 heterocycles. The molecule has 3 unspecified atom stereocenters. The van der Waals surface area contributed by atoms with E-state index in [1.807, 2.05) is 13.8 Å². The third-order valence-electron chi connectivity index (χ3n) is 2.99. The molecule has 0 saturated heterocycles. The first-order chi connectivity index (χ1) is 10.5. The smallest absolute Gasteiger partial charge is 0.325 e. The number of carbonyl (C=O) groups excluding carboxylic acids is 3. The monoisotopic (exact) mass is 330 g/mol. The van der Waals surface area contributed by atoms with Crippen LogP contribution in [0.3, 0.4) is 0 Å². The number of nitrogens with two attached hydrogens (primary N) is 1. The predicted octanol–water partition coefficient (Wildman–Crippen LogP) is -1.43. The summed E-state index contributed by atoms with van der Waals surface area (Å²) < 4.78 is 0. The fourth-order valence-electron chi connectivity index (χ4n) is 1.68. The van der Waals surface area contributed by atoms with Crippen LogP contribution >= 0.6 is 0 Å². The van der Waals surface area contributed by atoms with Crippen molar-refractivity contribution >= 4 is 23.7 Å². The number of amides is 3.